The Bertz CT molecular complexity index is 757. The summed E-state index contributed by atoms with van der Waals surface area (Å²) in [5.74, 6) is 0.675. The fourth-order valence-electron chi connectivity index (χ4n) is 2.25. The number of hydrogen-bond donors (Lipinski definition) is 1. The average Bonchev–Trinajstić information content (AvgIpc) is 2.93. The lowest BCUT2D eigenvalue weighted by atomic mass is 10.1. The Morgan fingerprint density at radius 2 is 2.21 bits per heavy atom. The van der Waals surface area contributed by atoms with Gasteiger partial charge in [-0.1, -0.05) is 24.6 Å². The molecule has 19 heavy (non-hydrogen) atoms. The van der Waals surface area contributed by atoms with Crippen LogP contribution in [0.15, 0.2) is 24.4 Å². The van der Waals surface area contributed by atoms with Crippen molar-refractivity contribution in [1.82, 2.24) is 9.38 Å². The molecule has 98 valence electrons. The Hall–Kier alpha value is -1.52. The third-order valence-corrected chi connectivity index (χ3v) is 4.83. The van der Waals surface area contributed by atoms with E-state index in [1.807, 2.05) is 23.5 Å². The van der Waals surface area contributed by atoms with Crippen molar-refractivity contribution in [1.29, 1.82) is 0 Å². The molecule has 0 atom stereocenters. The van der Waals surface area contributed by atoms with Gasteiger partial charge in [0.15, 0.2) is 4.96 Å². The van der Waals surface area contributed by atoms with Crippen LogP contribution in [0.2, 0.25) is 5.02 Å². The monoisotopic (exact) mass is 291 g/mol. The van der Waals surface area contributed by atoms with Crippen molar-refractivity contribution in [3.05, 3.63) is 39.9 Å². The summed E-state index contributed by atoms with van der Waals surface area (Å²) in [5.41, 5.74) is 9.37. The number of aryl methyl sites for hydroxylation is 2. The molecule has 1 aromatic carbocycles. The molecule has 2 N–H and O–H groups in total. The molecule has 3 aromatic rings. The SMILES string of the molecule is CCc1sc2ncc(N)n2c1-c1ccc(Cl)c(C)c1. The van der Waals surface area contributed by atoms with Gasteiger partial charge in [0, 0.05) is 15.5 Å². The quantitative estimate of drug-likeness (QED) is 0.770. The molecule has 0 aliphatic carbocycles. The molecule has 0 amide bonds. The number of benzene rings is 1. The second-order valence-electron chi connectivity index (χ2n) is 4.49. The fraction of sp³-hybridized carbons (Fsp3) is 0.214. The molecule has 3 rings (SSSR count). The van der Waals surface area contributed by atoms with Crippen molar-refractivity contribution >= 4 is 33.7 Å². The number of nitrogen functional groups attached to an aromatic ring is 1. The minimum Gasteiger partial charge on any atom is -0.383 e. The Kier molecular flexibility index (Phi) is 2.99. The fourth-order valence-corrected chi connectivity index (χ4v) is 3.43. The van der Waals surface area contributed by atoms with Gasteiger partial charge in [0.2, 0.25) is 0 Å². The van der Waals surface area contributed by atoms with E-state index in [2.05, 4.69) is 18.0 Å². The Morgan fingerprint density at radius 1 is 1.42 bits per heavy atom. The first-order valence-electron chi connectivity index (χ1n) is 6.13. The Balaban J connectivity index is 2.33. The van der Waals surface area contributed by atoms with Crippen molar-refractivity contribution in [3.63, 3.8) is 0 Å². The first-order valence-corrected chi connectivity index (χ1v) is 7.32. The number of imidazole rings is 1. The van der Waals surface area contributed by atoms with E-state index in [-0.39, 0.29) is 0 Å². The third-order valence-electron chi connectivity index (χ3n) is 3.21. The lowest BCUT2D eigenvalue weighted by Gasteiger charge is -2.07. The van der Waals surface area contributed by atoms with Gasteiger partial charge in [-0.05, 0) is 31.0 Å². The van der Waals surface area contributed by atoms with Crippen LogP contribution < -0.4 is 5.73 Å². The molecule has 0 fully saturated rings. The normalized spacial score (nSPS) is 11.3. The van der Waals surface area contributed by atoms with Gasteiger partial charge < -0.3 is 5.73 Å². The number of fused-ring (bicyclic) bond motifs is 1. The molecule has 2 aromatic heterocycles. The third kappa shape index (κ3) is 1.91. The van der Waals surface area contributed by atoms with Crippen molar-refractivity contribution in [2.24, 2.45) is 0 Å². The summed E-state index contributed by atoms with van der Waals surface area (Å²) in [4.78, 5) is 6.57. The minimum absolute atomic E-state index is 0.675. The summed E-state index contributed by atoms with van der Waals surface area (Å²) in [6, 6.07) is 6.07. The van der Waals surface area contributed by atoms with Crippen molar-refractivity contribution in [2.75, 3.05) is 5.73 Å². The zero-order valence-corrected chi connectivity index (χ0v) is 12.3. The summed E-state index contributed by atoms with van der Waals surface area (Å²) < 4.78 is 2.02. The molecule has 0 aliphatic heterocycles. The van der Waals surface area contributed by atoms with E-state index < -0.39 is 0 Å². The van der Waals surface area contributed by atoms with E-state index in [1.54, 1.807) is 17.5 Å². The number of nitrogens with zero attached hydrogens (tertiary/aromatic N) is 2. The van der Waals surface area contributed by atoms with E-state index in [1.165, 1.54) is 4.88 Å². The number of halogens is 1. The molecule has 0 bridgehead atoms. The lowest BCUT2D eigenvalue weighted by Crippen LogP contribution is -1.95. The average molecular weight is 292 g/mol. The molecule has 5 heteroatoms. The van der Waals surface area contributed by atoms with Crippen molar-refractivity contribution in [3.8, 4) is 11.3 Å². The predicted octanol–water partition coefficient (Wildman–Crippen LogP) is 4.17. The first kappa shape index (κ1) is 12.5. The first-order chi connectivity index (χ1) is 9.11. The summed E-state index contributed by atoms with van der Waals surface area (Å²) in [5, 5.41) is 0.784. The van der Waals surface area contributed by atoms with Gasteiger partial charge in [0.05, 0.1) is 11.9 Å². The molecule has 0 aliphatic rings. The molecule has 3 nitrogen and oxygen atoms in total. The van der Waals surface area contributed by atoms with Gasteiger partial charge in [0.1, 0.15) is 5.82 Å². The molecule has 0 radical (unpaired) electrons. The van der Waals surface area contributed by atoms with Gasteiger partial charge >= 0.3 is 0 Å². The van der Waals surface area contributed by atoms with Crippen molar-refractivity contribution < 1.29 is 0 Å². The van der Waals surface area contributed by atoms with E-state index in [4.69, 9.17) is 17.3 Å². The highest BCUT2D eigenvalue weighted by Gasteiger charge is 2.16. The van der Waals surface area contributed by atoms with Gasteiger partial charge in [-0.3, -0.25) is 4.40 Å². The number of anilines is 1. The van der Waals surface area contributed by atoms with Crippen molar-refractivity contribution in [2.45, 2.75) is 20.3 Å². The van der Waals surface area contributed by atoms with Gasteiger partial charge in [-0.2, -0.15) is 0 Å². The van der Waals surface area contributed by atoms with E-state index in [0.717, 1.165) is 33.2 Å². The van der Waals surface area contributed by atoms with Crippen LogP contribution in [0.1, 0.15) is 17.4 Å². The Morgan fingerprint density at radius 3 is 2.89 bits per heavy atom. The number of nitrogens with two attached hydrogens (primary N) is 1. The maximum Gasteiger partial charge on any atom is 0.196 e. The number of rotatable bonds is 2. The molecular weight excluding hydrogens is 278 g/mol. The summed E-state index contributed by atoms with van der Waals surface area (Å²) in [7, 11) is 0. The molecule has 0 unspecified atom stereocenters. The molecule has 0 saturated carbocycles. The van der Waals surface area contributed by atoms with Crippen LogP contribution in [-0.2, 0) is 6.42 Å². The molecular formula is C14H14ClN3S. The van der Waals surface area contributed by atoms with E-state index >= 15 is 0 Å². The molecule has 0 saturated heterocycles. The standard InChI is InChI=1S/C14H14ClN3S/c1-3-11-13(9-4-5-10(15)8(2)6-9)18-12(16)7-17-14(18)19-11/h4-7H,3,16H2,1-2H3. The number of thiazole rings is 1. The maximum absolute atomic E-state index is 6.10. The lowest BCUT2D eigenvalue weighted by molar-refractivity contribution is 1.14. The largest absolute Gasteiger partial charge is 0.383 e. The van der Waals surface area contributed by atoms with Crippen LogP contribution in [0.3, 0.4) is 0 Å². The topological polar surface area (TPSA) is 43.3 Å². The second kappa shape index (κ2) is 4.54. The van der Waals surface area contributed by atoms with E-state index in [9.17, 15) is 0 Å². The minimum atomic E-state index is 0.675. The van der Waals surface area contributed by atoms with Gasteiger partial charge in [-0.15, -0.1) is 11.3 Å². The van der Waals surface area contributed by atoms with Crippen LogP contribution in [0.5, 0.6) is 0 Å². The zero-order valence-electron chi connectivity index (χ0n) is 10.8. The maximum atomic E-state index is 6.10. The van der Waals surface area contributed by atoms with Gasteiger partial charge in [-0.25, -0.2) is 4.98 Å². The smallest absolute Gasteiger partial charge is 0.196 e. The predicted molar refractivity (Wildman–Crippen MR) is 82.0 cm³/mol. The van der Waals surface area contributed by atoms with Crippen LogP contribution in [0, 0.1) is 6.92 Å². The second-order valence-corrected chi connectivity index (χ2v) is 5.96. The molecule has 2 heterocycles. The highest BCUT2D eigenvalue weighted by atomic mass is 35.5. The Labute approximate surface area is 120 Å². The number of aromatic nitrogens is 2. The van der Waals surface area contributed by atoms with Crippen LogP contribution in [0.25, 0.3) is 16.2 Å². The highest BCUT2D eigenvalue weighted by molar-refractivity contribution is 7.17. The summed E-state index contributed by atoms with van der Waals surface area (Å²) in [6.45, 7) is 4.16. The summed E-state index contributed by atoms with van der Waals surface area (Å²) in [6.07, 6.45) is 2.67. The van der Waals surface area contributed by atoms with Crippen LogP contribution in [0.4, 0.5) is 5.82 Å². The van der Waals surface area contributed by atoms with Crippen LogP contribution >= 0.6 is 22.9 Å². The van der Waals surface area contributed by atoms with Crippen LogP contribution in [-0.4, -0.2) is 9.38 Å². The highest BCUT2D eigenvalue weighted by Crippen LogP contribution is 2.35. The van der Waals surface area contributed by atoms with E-state index in [0.29, 0.717) is 5.82 Å². The summed E-state index contributed by atoms with van der Waals surface area (Å²) >= 11 is 7.79. The van der Waals surface area contributed by atoms with Gasteiger partial charge in [0.25, 0.3) is 0 Å². The zero-order chi connectivity index (χ0) is 13.6. The molecule has 0 spiro atoms. The number of hydrogen-bond acceptors (Lipinski definition) is 3.